The van der Waals surface area contributed by atoms with Crippen LogP contribution < -0.4 is 11.3 Å². The van der Waals surface area contributed by atoms with Gasteiger partial charge in [-0.15, -0.1) is 0 Å². The second kappa shape index (κ2) is 7.97. The molecular formula is C13H21Cl2N3. The molecule has 0 radical (unpaired) electrons. The van der Waals surface area contributed by atoms with Gasteiger partial charge in [-0.25, -0.2) is 0 Å². The predicted molar refractivity (Wildman–Crippen MR) is 78.9 cm³/mol. The van der Waals surface area contributed by atoms with Gasteiger partial charge in [-0.2, -0.15) is 0 Å². The Kier molecular flexibility index (Phi) is 6.97. The zero-order chi connectivity index (χ0) is 13.5. The SMILES string of the molecule is CCN(CC)CCC(NN)c1ccc(Cl)c(Cl)c1. The van der Waals surface area contributed by atoms with Gasteiger partial charge in [0.05, 0.1) is 10.0 Å². The normalized spacial score (nSPS) is 13.0. The van der Waals surface area contributed by atoms with Crippen LogP contribution >= 0.6 is 23.2 Å². The van der Waals surface area contributed by atoms with Gasteiger partial charge in [0.1, 0.15) is 0 Å². The third kappa shape index (κ3) is 4.41. The fourth-order valence-corrected chi connectivity index (χ4v) is 2.23. The Labute approximate surface area is 119 Å². The first kappa shape index (κ1) is 15.7. The van der Waals surface area contributed by atoms with Crippen molar-refractivity contribution in [2.75, 3.05) is 19.6 Å². The summed E-state index contributed by atoms with van der Waals surface area (Å²) in [6.07, 6.45) is 0.941. The zero-order valence-corrected chi connectivity index (χ0v) is 12.4. The maximum Gasteiger partial charge on any atom is 0.0595 e. The highest BCUT2D eigenvalue weighted by Crippen LogP contribution is 2.26. The molecule has 1 aromatic carbocycles. The van der Waals surface area contributed by atoms with E-state index in [1.807, 2.05) is 12.1 Å². The molecule has 0 saturated heterocycles. The minimum atomic E-state index is 0.0976. The maximum atomic E-state index is 6.02. The quantitative estimate of drug-likeness (QED) is 0.598. The molecule has 0 fully saturated rings. The summed E-state index contributed by atoms with van der Waals surface area (Å²) in [5.74, 6) is 5.62. The number of rotatable bonds is 7. The highest BCUT2D eigenvalue weighted by Gasteiger charge is 2.12. The monoisotopic (exact) mass is 289 g/mol. The summed E-state index contributed by atoms with van der Waals surface area (Å²) in [4.78, 5) is 2.36. The smallest absolute Gasteiger partial charge is 0.0595 e. The van der Waals surface area contributed by atoms with E-state index in [-0.39, 0.29) is 6.04 Å². The Balaban J connectivity index is 2.67. The second-order valence-electron chi connectivity index (χ2n) is 4.21. The van der Waals surface area contributed by atoms with Crippen LogP contribution in [-0.4, -0.2) is 24.5 Å². The fraction of sp³-hybridized carbons (Fsp3) is 0.538. The number of hydrogen-bond acceptors (Lipinski definition) is 3. The first-order valence-corrected chi connectivity index (χ1v) is 7.01. The molecule has 102 valence electrons. The summed E-state index contributed by atoms with van der Waals surface area (Å²) in [5.41, 5.74) is 3.91. The van der Waals surface area contributed by atoms with Crippen molar-refractivity contribution in [1.82, 2.24) is 10.3 Å². The van der Waals surface area contributed by atoms with Crippen LogP contribution in [0.3, 0.4) is 0 Å². The molecule has 1 aromatic rings. The number of hydrogen-bond donors (Lipinski definition) is 2. The van der Waals surface area contributed by atoms with Crippen LogP contribution in [0.4, 0.5) is 0 Å². The van der Waals surface area contributed by atoms with Crippen molar-refractivity contribution < 1.29 is 0 Å². The van der Waals surface area contributed by atoms with Gasteiger partial charge in [0.2, 0.25) is 0 Å². The van der Waals surface area contributed by atoms with Crippen molar-refractivity contribution in [2.45, 2.75) is 26.3 Å². The molecule has 0 saturated carbocycles. The lowest BCUT2D eigenvalue weighted by molar-refractivity contribution is 0.282. The molecule has 0 aliphatic carbocycles. The van der Waals surface area contributed by atoms with Gasteiger partial charge in [0, 0.05) is 6.04 Å². The number of nitrogens with zero attached hydrogens (tertiary/aromatic N) is 1. The predicted octanol–water partition coefficient (Wildman–Crippen LogP) is 3.23. The molecule has 0 aromatic heterocycles. The molecule has 0 aliphatic rings. The molecule has 1 rings (SSSR count). The van der Waals surface area contributed by atoms with Crippen molar-refractivity contribution in [2.24, 2.45) is 5.84 Å². The van der Waals surface area contributed by atoms with E-state index in [4.69, 9.17) is 29.0 Å². The van der Waals surface area contributed by atoms with E-state index in [2.05, 4.69) is 24.2 Å². The summed E-state index contributed by atoms with van der Waals surface area (Å²) in [6, 6.07) is 5.74. The average molecular weight is 290 g/mol. The van der Waals surface area contributed by atoms with Gasteiger partial charge >= 0.3 is 0 Å². The summed E-state index contributed by atoms with van der Waals surface area (Å²) >= 11 is 11.9. The third-order valence-electron chi connectivity index (χ3n) is 3.18. The van der Waals surface area contributed by atoms with E-state index in [1.165, 1.54) is 0 Å². The third-order valence-corrected chi connectivity index (χ3v) is 3.91. The zero-order valence-electron chi connectivity index (χ0n) is 10.9. The lowest BCUT2D eigenvalue weighted by atomic mass is 10.0. The Bertz CT molecular complexity index is 367. The van der Waals surface area contributed by atoms with Crippen molar-refractivity contribution in [3.8, 4) is 0 Å². The maximum absolute atomic E-state index is 6.02. The van der Waals surface area contributed by atoms with E-state index < -0.39 is 0 Å². The van der Waals surface area contributed by atoms with Gasteiger partial charge in [-0.3, -0.25) is 11.3 Å². The van der Waals surface area contributed by atoms with E-state index in [9.17, 15) is 0 Å². The standard InChI is InChI=1S/C13H21Cl2N3/c1-3-18(4-2)8-7-13(17-16)10-5-6-11(14)12(15)9-10/h5-6,9,13,17H,3-4,7-8,16H2,1-2H3. The topological polar surface area (TPSA) is 41.3 Å². The van der Waals surface area contributed by atoms with E-state index in [1.54, 1.807) is 6.07 Å². The second-order valence-corrected chi connectivity index (χ2v) is 5.02. The lowest BCUT2D eigenvalue weighted by Gasteiger charge is -2.22. The van der Waals surface area contributed by atoms with E-state index >= 15 is 0 Å². The van der Waals surface area contributed by atoms with Crippen LogP contribution in [0.25, 0.3) is 0 Å². The molecule has 3 nitrogen and oxygen atoms in total. The molecule has 0 bridgehead atoms. The highest BCUT2D eigenvalue weighted by molar-refractivity contribution is 6.42. The summed E-state index contributed by atoms with van der Waals surface area (Å²) in [5, 5.41) is 1.14. The Morgan fingerprint density at radius 2 is 1.89 bits per heavy atom. The van der Waals surface area contributed by atoms with Crippen LogP contribution in [0.15, 0.2) is 18.2 Å². The molecule has 18 heavy (non-hydrogen) atoms. The molecule has 0 aliphatic heterocycles. The molecule has 0 amide bonds. The van der Waals surface area contributed by atoms with Crippen LogP contribution in [-0.2, 0) is 0 Å². The molecule has 5 heteroatoms. The van der Waals surface area contributed by atoms with Crippen LogP contribution in [0, 0.1) is 0 Å². The summed E-state index contributed by atoms with van der Waals surface area (Å²) in [6.45, 7) is 7.42. The van der Waals surface area contributed by atoms with Crippen LogP contribution in [0.2, 0.25) is 10.0 Å². The number of nitrogens with one attached hydrogen (secondary N) is 1. The minimum Gasteiger partial charge on any atom is -0.304 e. The van der Waals surface area contributed by atoms with Gasteiger partial charge in [0.15, 0.2) is 0 Å². The molecular weight excluding hydrogens is 269 g/mol. The van der Waals surface area contributed by atoms with Crippen molar-refractivity contribution in [3.63, 3.8) is 0 Å². The number of nitrogens with two attached hydrogens (primary N) is 1. The molecule has 3 N–H and O–H groups in total. The lowest BCUT2D eigenvalue weighted by Crippen LogP contribution is -2.32. The van der Waals surface area contributed by atoms with Gasteiger partial charge < -0.3 is 4.90 Å². The fourth-order valence-electron chi connectivity index (χ4n) is 1.93. The molecule has 0 spiro atoms. The largest absolute Gasteiger partial charge is 0.304 e. The minimum absolute atomic E-state index is 0.0976. The van der Waals surface area contributed by atoms with Crippen LogP contribution in [0.5, 0.6) is 0 Å². The number of halogens is 2. The molecule has 1 atom stereocenters. The first-order valence-electron chi connectivity index (χ1n) is 6.25. The van der Waals surface area contributed by atoms with Gasteiger partial charge in [0.25, 0.3) is 0 Å². The van der Waals surface area contributed by atoms with Crippen LogP contribution in [0.1, 0.15) is 31.9 Å². The first-order chi connectivity index (χ1) is 8.62. The number of hydrazine groups is 1. The Morgan fingerprint density at radius 1 is 1.22 bits per heavy atom. The summed E-state index contributed by atoms with van der Waals surface area (Å²) < 4.78 is 0. The van der Waals surface area contributed by atoms with Gasteiger partial charge in [-0.1, -0.05) is 43.1 Å². The van der Waals surface area contributed by atoms with Crippen molar-refractivity contribution in [1.29, 1.82) is 0 Å². The van der Waals surface area contributed by atoms with Gasteiger partial charge in [-0.05, 0) is 43.8 Å². The molecule has 1 unspecified atom stereocenters. The van der Waals surface area contributed by atoms with E-state index in [0.717, 1.165) is 31.6 Å². The highest BCUT2D eigenvalue weighted by atomic mass is 35.5. The Hall–Kier alpha value is -0.320. The van der Waals surface area contributed by atoms with E-state index in [0.29, 0.717) is 10.0 Å². The average Bonchev–Trinajstić information content (AvgIpc) is 2.38. The molecule has 0 heterocycles. The van der Waals surface area contributed by atoms with Crippen molar-refractivity contribution >= 4 is 23.2 Å². The Morgan fingerprint density at radius 3 is 2.39 bits per heavy atom. The summed E-state index contributed by atoms with van der Waals surface area (Å²) in [7, 11) is 0. The van der Waals surface area contributed by atoms with Crippen molar-refractivity contribution in [3.05, 3.63) is 33.8 Å². The number of benzene rings is 1.